The average Bonchev–Trinajstić information content (AvgIpc) is 2.77. The molecule has 180 valence electrons. The molecule has 0 aliphatic carbocycles. The number of nitrogens with one attached hydrogen (secondary N) is 1. The minimum Gasteiger partial charge on any atom is -0.462 e. The highest BCUT2D eigenvalue weighted by atomic mass is 35.5. The Morgan fingerprint density at radius 1 is 1.15 bits per heavy atom. The molecule has 2 aromatic rings. The molecule has 1 aliphatic rings. The summed E-state index contributed by atoms with van der Waals surface area (Å²) in [6.45, 7) is 1.84. The lowest BCUT2D eigenvalue weighted by Crippen LogP contribution is -2.50. The van der Waals surface area contributed by atoms with Gasteiger partial charge in [0.2, 0.25) is 0 Å². The van der Waals surface area contributed by atoms with E-state index in [0.29, 0.717) is 15.7 Å². The van der Waals surface area contributed by atoms with Crippen LogP contribution in [-0.4, -0.2) is 54.7 Å². The first kappa shape index (κ1) is 25.4. The third kappa shape index (κ3) is 5.81. The molecule has 1 aliphatic heterocycles. The van der Waals surface area contributed by atoms with Crippen molar-refractivity contribution in [2.24, 2.45) is 0 Å². The fraction of sp³-hybridized carbons (Fsp3) is 0.333. The summed E-state index contributed by atoms with van der Waals surface area (Å²) in [5.74, 6) is -1.43. The Balaban J connectivity index is 1.79. The number of rotatable bonds is 4. The summed E-state index contributed by atoms with van der Waals surface area (Å²) in [5.41, 5.74) is -2.07. The van der Waals surface area contributed by atoms with Crippen molar-refractivity contribution in [1.82, 2.24) is 9.88 Å². The Morgan fingerprint density at radius 2 is 1.76 bits per heavy atom. The van der Waals surface area contributed by atoms with Crippen LogP contribution in [-0.2, 0) is 10.9 Å². The third-order valence-corrected chi connectivity index (χ3v) is 5.30. The minimum atomic E-state index is -4.94. The summed E-state index contributed by atoms with van der Waals surface area (Å²) in [6, 6.07) is 6.74. The van der Waals surface area contributed by atoms with E-state index in [9.17, 15) is 28.0 Å². The SMILES string of the molecule is CCOC(=O)c1cc(C#N)c(N2CCN(C(=O)Nc3cc(Cl)cc(Cl)c3)CC2)nc1C(F)(F)F. The number of ether oxygens (including phenoxy) is 1. The zero-order valence-electron chi connectivity index (χ0n) is 17.7. The zero-order chi connectivity index (χ0) is 25.0. The second-order valence-corrected chi connectivity index (χ2v) is 8.02. The fourth-order valence-corrected chi connectivity index (χ4v) is 3.88. The molecule has 0 radical (unpaired) electrons. The molecular weight excluding hydrogens is 498 g/mol. The second kappa shape index (κ2) is 10.4. The standard InChI is InChI=1S/C21H18Cl2F3N5O3/c1-2-34-19(32)16-7-12(11-27)18(29-17(16)21(24,25)26)30-3-5-31(6-4-30)20(33)28-15-9-13(22)8-14(23)10-15/h7-10H,2-6H2,1H3,(H,28,33). The molecule has 34 heavy (non-hydrogen) atoms. The van der Waals surface area contributed by atoms with Crippen LogP contribution in [0.1, 0.15) is 28.5 Å². The number of nitriles is 1. The third-order valence-electron chi connectivity index (χ3n) is 4.87. The average molecular weight is 516 g/mol. The Bertz CT molecular complexity index is 1130. The number of halogens is 5. The van der Waals surface area contributed by atoms with Crippen molar-refractivity contribution >= 4 is 46.7 Å². The van der Waals surface area contributed by atoms with E-state index in [2.05, 4.69) is 15.0 Å². The van der Waals surface area contributed by atoms with Crippen molar-refractivity contribution in [2.75, 3.05) is 43.0 Å². The van der Waals surface area contributed by atoms with Crippen LogP contribution in [0.15, 0.2) is 24.3 Å². The van der Waals surface area contributed by atoms with Crippen LogP contribution < -0.4 is 10.2 Å². The summed E-state index contributed by atoms with van der Waals surface area (Å²) in [4.78, 5) is 31.1. The van der Waals surface area contributed by atoms with Gasteiger partial charge in [0.05, 0.1) is 17.7 Å². The van der Waals surface area contributed by atoms with Crippen LogP contribution in [0, 0.1) is 11.3 Å². The number of nitrogens with zero attached hydrogens (tertiary/aromatic N) is 4. The number of pyridine rings is 1. The van der Waals surface area contributed by atoms with Gasteiger partial charge in [-0.15, -0.1) is 0 Å². The predicted molar refractivity (Wildman–Crippen MR) is 119 cm³/mol. The summed E-state index contributed by atoms with van der Waals surface area (Å²) in [7, 11) is 0. The first-order valence-electron chi connectivity index (χ1n) is 10.00. The van der Waals surface area contributed by atoms with E-state index in [4.69, 9.17) is 23.2 Å². The molecule has 2 amide bonds. The molecule has 0 saturated carbocycles. The fourth-order valence-electron chi connectivity index (χ4n) is 3.36. The highest BCUT2D eigenvalue weighted by Crippen LogP contribution is 2.34. The Kier molecular flexibility index (Phi) is 7.74. The molecule has 0 atom stereocenters. The van der Waals surface area contributed by atoms with Crippen molar-refractivity contribution in [2.45, 2.75) is 13.1 Å². The second-order valence-electron chi connectivity index (χ2n) is 7.15. The first-order chi connectivity index (χ1) is 16.0. The van der Waals surface area contributed by atoms with Gasteiger partial charge in [-0.3, -0.25) is 0 Å². The first-order valence-corrected chi connectivity index (χ1v) is 10.8. The van der Waals surface area contributed by atoms with Gasteiger partial charge in [-0.25, -0.2) is 14.6 Å². The van der Waals surface area contributed by atoms with Crippen LogP contribution >= 0.6 is 23.2 Å². The molecule has 0 spiro atoms. The van der Waals surface area contributed by atoms with E-state index >= 15 is 0 Å². The molecular formula is C21H18Cl2F3N5O3. The van der Waals surface area contributed by atoms with Crippen LogP contribution in [0.3, 0.4) is 0 Å². The Hall–Kier alpha value is -3.23. The highest BCUT2D eigenvalue weighted by Gasteiger charge is 2.40. The number of anilines is 2. The van der Waals surface area contributed by atoms with Gasteiger partial charge < -0.3 is 19.9 Å². The van der Waals surface area contributed by atoms with Crippen LogP contribution in [0.25, 0.3) is 0 Å². The van der Waals surface area contributed by atoms with Gasteiger partial charge >= 0.3 is 18.2 Å². The summed E-state index contributed by atoms with van der Waals surface area (Å²) in [6.07, 6.45) is -4.94. The number of piperazine rings is 1. The number of hydrogen-bond donors (Lipinski definition) is 1. The quantitative estimate of drug-likeness (QED) is 0.586. The van der Waals surface area contributed by atoms with E-state index in [1.807, 2.05) is 0 Å². The van der Waals surface area contributed by atoms with Gasteiger partial charge in [0, 0.05) is 41.9 Å². The summed E-state index contributed by atoms with van der Waals surface area (Å²) in [5, 5.41) is 12.8. The van der Waals surface area contributed by atoms with Gasteiger partial charge in [0.25, 0.3) is 0 Å². The largest absolute Gasteiger partial charge is 0.462 e. The van der Waals surface area contributed by atoms with Gasteiger partial charge in [0.15, 0.2) is 5.69 Å². The van der Waals surface area contributed by atoms with E-state index < -0.39 is 29.4 Å². The topological polar surface area (TPSA) is 98.6 Å². The molecule has 2 heterocycles. The number of carbonyl (C=O) groups excluding carboxylic acids is 2. The lowest BCUT2D eigenvalue weighted by Gasteiger charge is -2.36. The maximum atomic E-state index is 13.6. The molecule has 1 fully saturated rings. The van der Waals surface area contributed by atoms with Crippen molar-refractivity contribution in [3.05, 3.63) is 51.1 Å². The number of amides is 2. The lowest BCUT2D eigenvalue weighted by atomic mass is 10.1. The number of hydrogen-bond acceptors (Lipinski definition) is 6. The van der Waals surface area contributed by atoms with E-state index in [-0.39, 0.29) is 44.2 Å². The molecule has 1 N–H and O–H groups in total. The molecule has 8 nitrogen and oxygen atoms in total. The van der Waals surface area contributed by atoms with Crippen molar-refractivity contribution in [3.8, 4) is 6.07 Å². The number of urea groups is 1. The van der Waals surface area contributed by atoms with E-state index in [1.54, 1.807) is 6.07 Å². The molecule has 0 unspecified atom stereocenters. The number of carbonyl (C=O) groups is 2. The molecule has 3 rings (SSSR count). The van der Waals surface area contributed by atoms with Gasteiger partial charge in [-0.1, -0.05) is 23.2 Å². The van der Waals surface area contributed by atoms with Gasteiger partial charge in [0.1, 0.15) is 11.9 Å². The van der Waals surface area contributed by atoms with E-state index in [1.165, 1.54) is 34.9 Å². The van der Waals surface area contributed by atoms with Crippen molar-refractivity contribution < 1.29 is 27.5 Å². The Morgan fingerprint density at radius 3 is 2.29 bits per heavy atom. The summed E-state index contributed by atoms with van der Waals surface area (Å²) >= 11 is 11.9. The highest BCUT2D eigenvalue weighted by molar-refractivity contribution is 6.35. The van der Waals surface area contributed by atoms with Crippen LogP contribution in [0.4, 0.5) is 29.5 Å². The predicted octanol–water partition coefficient (Wildman–Crippen LogP) is 4.81. The molecule has 1 aromatic heterocycles. The Labute approximate surface area is 202 Å². The minimum absolute atomic E-state index is 0.113. The van der Waals surface area contributed by atoms with Crippen LogP contribution in [0.5, 0.6) is 0 Å². The molecule has 0 bridgehead atoms. The van der Waals surface area contributed by atoms with Gasteiger partial charge in [-0.2, -0.15) is 18.4 Å². The zero-order valence-corrected chi connectivity index (χ0v) is 19.3. The van der Waals surface area contributed by atoms with Crippen molar-refractivity contribution in [3.63, 3.8) is 0 Å². The van der Waals surface area contributed by atoms with Crippen molar-refractivity contribution in [1.29, 1.82) is 5.26 Å². The van der Waals surface area contributed by atoms with Gasteiger partial charge in [-0.05, 0) is 31.2 Å². The molecule has 13 heteroatoms. The number of alkyl halides is 3. The number of esters is 1. The molecule has 1 saturated heterocycles. The van der Waals surface area contributed by atoms with Crippen LogP contribution in [0.2, 0.25) is 10.0 Å². The smallest absolute Gasteiger partial charge is 0.434 e. The van der Waals surface area contributed by atoms with E-state index in [0.717, 1.165) is 6.07 Å². The molecule has 1 aromatic carbocycles. The number of benzene rings is 1. The maximum absolute atomic E-state index is 13.6. The maximum Gasteiger partial charge on any atom is 0.434 e. The summed E-state index contributed by atoms with van der Waals surface area (Å²) < 4.78 is 45.5. The number of aromatic nitrogens is 1. The lowest BCUT2D eigenvalue weighted by molar-refractivity contribution is -0.141. The monoisotopic (exact) mass is 515 g/mol. The normalized spacial score (nSPS) is 13.9.